The third kappa shape index (κ3) is 18.1. The fourth-order valence-corrected chi connectivity index (χ4v) is 2.86. The molecule has 0 heterocycles. The standard InChI is InChI=1S/C18H37OP/c1-2-3-4-5-6-7-8-9-10-11-12-13-14-15-16-17-18-20-19/h9-10,19-20H,2-8,11-18H2,1H3/b10-9-. The Bertz CT molecular complexity index is 192. The average Bonchev–Trinajstić information content (AvgIpc) is 2.47. The minimum atomic E-state index is 0.160. The van der Waals surface area contributed by atoms with Crippen molar-refractivity contribution in [1.82, 2.24) is 0 Å². The molecule has 1 unspecified atom stereocenters. The van der Waals surface area contributed by atoms with Crippen molar-refractivity contribution in [2.24, 2.45) is 0 Å². The van der Waals surface area contributed by atoms with Gasteiger partial charge < -0.3 is 4.89 Å². The molecule has 0 rings (SSSR count). The predicted molar refractivity (Wildman–Crippen MR) is 94.9 cm³/mol. The number of allylic oxidation sites excluding steroid dienone is 2. The van der Waals surface area contributed by atoms with Crippen LogP contribution in [0.4, 0.5) is 0 Å². The quantitative estimate of drug-likeness (QED) is 0.193. The molecular formula is C18H37OP. The first-order chi connectivity index (χ1) is 9.91. The highest BCUT2D eigenvalue weighted by molar-refractivity contribution is 7.31. The maximum absolute atomic E-state index is 8.70. The van der Waals surface area contributed by atoms with Gasteiger partial charge in [-0.25, -0.2) is 0 Å². The lowest BCUT2D eigenvalue weighted by Crippen LogP contribution is -1.81. The summed E-state index contributed by atoms with van der Waals surface area (Å²) >= 11 is 0. The summed E-state index contributed by atoms with van der Waals surface area (Å²) in [6.45, 7) is 2.28. The minimum absolute atomic E-state index is 0.160. The molecule has 0 aliphatic rings. The lowest BCUT2D eigenvalue weighted by atomic mass is 10.1. The van der Waals surface area contributed by atoms with E-state index in [9.17, 15) is 0 Å². The van der Waals surface area contributed by atoms with Crippen molar-refractivity contribution in [3.8, 4) is 0 Å². The van der Waals surface area contributed by atoms with E-state index in [-0.39, 0.29) is 8.81 Å². The van der Waals surface area contributed by atoms with Gasteiger partial charge in [-0.1, -0.05) is 76.9 Å². The number of unbranched alkanes of at least 4 members (excludes halogenated alkanes) is 12. The Morgan fingerprint density at radius 2 is 1.10 bits per heavy atom. The lowest BCUT2D eigenvalue weighted by molar-refractivity contribution is 0.601. The van der Waals surface area contributed by atoms with Crippen molar-refractivity contribution in [3.63, 3.8) is 0 Å². The molecule has 0 fully saturated rings. The van der Waals surface area contributed by atoms with E-state index in [0.717, 1.165) is 6.16 Å². The average molecular weight is 300 g/mol. The molecule has 0 aliphatic heterocycles. The van der Waals surface area contributed by atoms with Crippen LogP contribution >= 0.6 is 8.81 Å². The van der Waals surface area contributed by atoms with Crippen LogP contribution in [-0.4, -0.2) is 11.1 Å². The summed E-state index contributed by atoms with van der Waals surface area (Å²) < 4.78 is 0. The SMILES string of the molecule is CCCCCCCC/C=C\CCCCCCCCPO. The maximum Gasteiger partial charge on any atom is 0.0107 e. The van der Waals surface area contributed by atoms with Crippen LogP contribution in [-0.2, 0) is 0 Å². The molecule has 0 aromatic carbocycles. The second kappa shape index (κ2) is 19.1. The third-order valence-corrected chi connectivity index (χ3v) is 4.38. The van der Waals surface area contributed by atoms with E-state index in [0.29, 0.717) is 0 Å². The van der Waals surface area contributed by atoms with Crippen molar-refractivity contribution >= 4 is 8.81 Å². The highest BCUT2D eigenvalue weighted by atomic mass is 31.1. The molecule has 0 saturated heterocycles. The minimum Gasteiger partial charge on any atom is -0.377 e. The summed E-state index contributed by atoms with van der Waals surface area (Å²) in [4.78, 5) is 8.70. The van der Waals surface area contributed by atoms with Gasteiger partial charge in [-0.3, -0.25) is 0 Å². The molecule has 0 aromatic heterocycles. The largest absolute Gasteiger partial charge is 0.377 e. The van der Waals surface area contributed by atoms with Gasteiger partial charge in [0, 0.05) is 8.81 Å². The summed E-state index contributed by atoms with van der Waals surface area (Å²) in [6, 6.07) is 0. The fraction of sp³-hybridized carbons (Fsp3) is 0.889. The van der Waals surface area contributed by atoms with E-state index < -0.39 is 0 Å². The zero-order valence-corrected chi connectivity index (χ0v) is 14.7. The summed E-state index contributed by atoms with van der Waals surface area (Å²) in [5.74, 6) is 0. The normalized spacial score (nSPS) is 12.1. The van der Waals surface area contributed by atoms with E-state index in [1.807, 2.05) is 0 Å². The molecule has 1 atom stereocenters. The van der Waals surface area contributed by atoms with E-state index in [4.69, 9.17) is 4.89 Å². The Kier molecular flexibility index (Phi) is 19.3. The molecule has 1 nitrogen and oxygen atoms in total. The first kappa shape index (κ1) is 20.1. The highest BCUT2D eigenvalue weighted by Crippen LogP contribution is 2.12. The molecule has 0 bridgehead atoms. The van der Waals surface area contributed by atoms with Gasteiger partial charge in [0.2, 0.25) is 0 Å². The molecule has 0 radical (unpaired) electrons. The van der Waals surface area contributed by atoms with Gasteiger partial charge in [0.25, 0.3) is 0 Å². The first-order valence-electron chi connectivity index (χ1n) is 8.93. The predicted octanol–water partition coefficient (Wildman–Crippen LogP) is 6.61. The molecular weight excluding hydrogens is 263 g/mol. The van der Waals surface area contributed by atoms with Crippen molar-refractivity contribution in [1.29, 1.82) is 0 Å². The molecule has 0 aliphatic carbocycles. The number of hydrogen-bond acceptors (Lipinski definition) is 1. The Morgan fingerprint density at radius 3 is 1.60 bits per heavy atom. The van der Waals surface area contributed by atoms with E-state index in [1.54, 1.807) is 0 Å². The van der Waals surface area contributed by atoms with E-state index >= 15 is 0 Å². The van der Waals surface area contributed by atoms with Crippen LogP contribution in [0.5, 0.6) is 0 Å². The van der Waals surface area contributed by atoms with Crippen molar-refractivity contribution in [3.05, 3.63) is 12.2 Å². The van der Waals surface area contributed by atoms with Crippen LogP contribution in [0.25, 0.3) is 0 Å². The molecule has 0 amide bonds. The van der Waals surface area contributed by atoms with Crippen LogP contribution in [0.15, 0.2) is 12.2 Å². The van der Waals surface area contributed by atoms with Crippen molar-refractivity contribution in [2.45, 2.75) is 96.8 Å². The van der Waals surface area contributed by atoms with Gasteiger partial charge in [-0.05, 0) is 38.3 Å². The van der Waals surface area contributed by atoms with Gasteiger partial charge in [0.15, 0.2) is 0 Å². The molecule has 1 N–H and O–H groups in total. The van der Waals surface area contributed by atoms with Crippen LogP contribution in [0.3, 0.4) is 0 Å². The topological polar surface area (TPSA) is 20.2 Å². The van der Waals surface area contributed by atoms with Gasteiger partial charge in [0.1, 0.15) is 0 Å². The fourth-order valence-electron chi connectivity index (χ4n) is 2.45. The second-order valence-electron chi connectivity index (χ2n) is 5.85. The van der Waals surface area contributed by atoms with Crippen molar-refractivity contribution < 1.29 is 4.89 Å². The van der Waals surface area contributed by atoms with Gasteiger partial charge in [-0.15, -0.1) is 0 Å². The molecule has 0 saturated carbocycles. The summed E-state index contributed by atoms with van der Waals surface area (Å²) in [7, 11) is 0.160. The highest BCUT2D eigenvalue weighted by Gasteiger charge is 1.91. The Morgan fingerprint density at radius 1 is 0.650 bits per heavy atom. The Labute approximate surface area is 129 Å². The second-order valence-corrected chi connectivity index (χ2v) is 6.66. The lowest BCUT2D eigenvalue weighted by Gasteiger charge is -2.00. The van der Waals surface area contributed by atoms with Gasteiger partial charge in [0.05, 0.1) is 0 Å². The molecule has 120 valence electrons. The Balaban J connectivity index is 3.01. The zero-order chi connectivity index (χ0) is 14.7. The van der Waals surface area contributed by atoms with E-state index in [2.05, 4.69) is 19.1 Å². The van der Waals surface area contributed by atoms with Crippen LogP contribution in [0.2, 0.25) is 0 Å². The van der Waals surface area contributed by atoms with Crippen LogP contribution < -0.4 is 0 Å². The Hall–Kier alpha value is 0.130. The number of rotatable bonds is 16. The molecule has 2 heteroatoms. The molecule has 20 heavy (non-hydrogen) atoms. The monoisotopic (exact) mass is 300 g/mol. The summed E-state index contributed by atoms with van der Waals surface area (Å²) in [5.41, 5.74) is 0. The maximum atomic E-state index is 8.70. The molecule has 0 aromatic rings. The van der Waals surface area contributed by atoms with Crippen LogP contribution in [0.1, 0.15) is 96.8 Å². The third-order valence-electron chi connectivity index (χ3n) is 3.80. The molecule has 0 spiro atoms. The smallest absolute Gasteiger partial charge is 0.0107 e. The van der Waals surface area contributed by atoms with Crippen LogP contribution in [0, 0.1) is 0 Å². The zero-order valence-electron chi connectivity index (χ0n) is 13.7. The van der Waals surface area contributed by atoms with E-state index in [1.165, 1.54) is 89.9 Å². The van der Waals surface area contributed by atoms with Gasteiger partial charge in [-0.2, -0.15) is 0 Å². The summed E-state index contributed by atoms with van der Waals surface area (Å²) in [6.07, 6.45) is 24.8. The number of hydrogen-bond donors (Lipinski definition) is 1. The summed E-state index contributed by atoms with van der Waals surface area (Å²) in [5, 5.41) is 0. The van der Waals surface area contributed by atoms with Gasteiger partial charge >= 0.3 is 0 Å². The van der Waals surface area contributed by atoms with Crippen molar-refractivity contribution in [2.75, 3.05) is 6.16 Å². The first-order valence-corrected chi connectivity index (χ1v) is 10.1.